The number of rotatable bonds is 2. The Balaban J connectivity index is 1.64. The van der Waals surface area contributed by atoms with Gasteiger partial charge in [0, 0.05) is 17.3 Å². The average molecular weight is 283 g/mol. The molecule has 108 valence electrons. The number of hydrogen-bond donors (Lipinski definition) is 1. The zero-order chi connectivity index (χ0) is 14.2. The molecular formula is C16H17N3O2. The summed E-state index contributed by atoms with van der Waals surface area (Å²) < 4.78 is 11.2. The van der Waals surface area contributed by atoms with Crippen molar-refractivity contribution in [2.24, 2.45) is 0 Å². The number of hydrogen-bond acceptors (Lipinski definition) is 5. The lowest BCUT2D eigenvalue weighted by atomic mass is 9.93. The van der Waals surface area contributed by atoms with Gasteiger partial charge in [0.1, 0.15) is 5.58 Å². The topological polar surface area (TPSA) is 64.1 Å². The molecule has 1 aliphatic rings. The van der Waals surface area contributed by atoms with Crippen molar-refractivity contribution in [3.63, 3.8) is 0 Å². The summed E-state index contributed by atoms with van der Waals surface area (Å²) >= 11 is 0. The Kier molecular flexibility index (Phi) is 3.00. The third-order valence-corrected chi connectivity index (χ3v) is 4.06. The molecule has 4 rings (SSSR count). The van der Waals surface area contributed by atoms with Crippen molar-refractivity contribution in [1.29, 1.82) is 0 Å². The Morgan fingerprint density at radius 1 is 1.29 bits per heavy atom. The summed E-state index contributed by atoms with van der Waals surface area (Å²) in [6.45, 7) is 3.18. The summed E-state index contributed by atoms with van der Waals surface area (Å²) in [7, 11) is 0. The maximum atomic E-state index is 5.78. The summed E-state index contributed by atoms with van der Waals surface area (Å²) in [4.78, 5) is 4.53. The van der Waals surface area contributed by atoms with Gasteiger partial charge in [-0.05, 0) is 38.4 Å². The minimum absolute atomic E-state index is 0.340. The van der Waals surface area contributed by atoms with Crippen molar-refractivity contribution in [2.45, 2.75) is 31.7 Å². The third kappa shape index (κ3) is 2.34. The second kappa shape index (κ2) is 5.00. The van der Waals surface area contributed by atoms with Gasteiger partial charge >= 0.3 is 0 Å². The quantitative estimate of drug-likeness (QED) is 0.781. The second-order valence-corrected chi connectivity index (χ2v) is 5.68. The molecule has 0 aliphatic carbocycles. The van der Waals surface area contributed by atoms with Crippen molar-refractivity contribution in [1.82, 2.24) is 15.5 Å². The molecule has 0 saturated carbocycles. The van der Waals surface area contributed by atoms with E-state index in [2.05, 4.69) is 22.4 Å². The molecule has 1 saturated heterocycles. The summed E-state index contributed by atoms with van der Waals surface area (Å²) in [5, 5.41) is 8.56. The molecule has 1 aliphatic heterocycles. The zero-order valence-electron chi connectivity index (χ0n) is 11.9. The van der Waals surface area contributed by atoms with Crippen LogP contribution in [0.25, 0.3) is 22.6 Å². The molecule has 5 nitrogen and oxygen atoms in total. The highest BCUT2D eigenvalue weighted by Crippen LogP contribution is 2.30. The zero-order valence-corrected chi connectivity index (χ0v) is 11.9. The highest BCUT2D eigenvalue weighted by Gasteiger charge is 2.25. The summed E-state index contributed by atoms with van der Waals surface area (Å²) in [6.07, 6.45) is 2.06. The van der Waals surface area contributed by atoms with Gasteiger partial charge in [0.15, 0.2) is 5.76 Å². The SMILES string of the molecule is CC1CC(c2nc(-c3cc4ccccc4o3)no2)CCN1. The van der Waals surface area contributed by atoms with Gasteiger partial charge in [0.2, 0.25) is 11.7 Å². The smallest absolute Gasteiger partial charge is 0.238 e. The Labute approximate surface area is 122 Å². The maximum Gasteiger partial charge on any atom is 0.238 e. The minimum atomic E-state index is 0.340. The van der Waals surface area contributed by atoms with E-state index in [1.165, 1.54) is 0 Å². The second-order valence-electron chi connectivity index (χ2n) is 5.68. The third-order valence-electron chi connectivity index (χ3n) is 4.06. The summed E-state index contributed by atoms with van der Waals surface area (Å²) in [5.74, 6) is 2.26. The molecule has 3 heterocycles. The van der Waals surface area contributed by atoms with Crippen LogP contribution in [0.4, 0.5) is 0 Å². The first-order chi connectivity index (χ1) is 10.3. The number of furan rings is 1. The van der Waals surface area contributed by atoms with Crippen LogP contribution in [0.2, 0.25) is 0 Å². The maximum absolute atomic E-state index is 5.78. The molecule has 1 aromatic carbocycles. The van der Waals surface area contributed by atoms with Gasteiger partial charge in [-0.25, -0.2) is 0 Å². The van der Waals surface area contributed by atoms with E-state index in [1.54, 1.807) is 0 Å². The number of fused-ring (bicyclic) bond motifs is 1. The van der Waals surface area contributed by atoms with Crippen molar-refractivity contribution >= 4 is 11.0 Å². The highest BCUT2D eigenvalue weighted by atomic mass is 16.5. The molecular weight excluding hydrogens is 266 g/mol. The first-order valence-electron chi connectivity index (χ1n) is 7.35. The molecule has 3 aromatic rings. The number of nitrogens with one attached hydrogen (secondary N) is 1. The van der Waals surface area contributed by atoms with Gasteiger partial charge in [0.25, 0.3) is 0 Å². The molecule has 2 unspecified atom stereocenters. The number of para-hydroxylation sites is 1. The van der Waals surface area contributed by atoms with E-state index in [1.807, 2.05) is 30.3 Å². The van der Waals surface area contributed by atoms with Gasteiger partial charge in [-0.2, -0.15) is 4.98 Å². The Hall–Kier alpha value is -2.14. The van der Waals surface area contributed by atoms with Crippen LogP contribution in [0.1, 0.15) is 31.6 Å². The van der Waals surface area contributed by atoms with Crippen LogP contribution in [0, 0.1) is 0 Å². The van der Waals surface area contributed by atoms with E-state index in [0.29, 0.717) is 23.5 Å². The predicted octanol–water partition coefficient (Wildman–Crippen LogP) is 3.34. The Bertz CT molecular complexity index is 729. The lowest BCUT2D eigenvalue weighted by molar-refractivity contribution is 0.295. The van der Waals surface area contributed by atoms with Crippen LogP contribution in [-0.2, 0) is 0 Å². The monoisotopic (exact) mass is 283 g/mol. The van der Waals surface area contributed by atoms with Crippen LogP contribution >= 0.6 is 0 Å². The molecule has 1 fully saturated rings. The van der Waals surface area contributed by atoms with Crippen LogP contribution in [-0.4, -0.2) is 22.7 Å². The Morgan fingerprint density at radius 2 is 2.19 bits per heavy atom. The van der Waals surface area contributed by atoms with Crippen LogP contribution in [0.5, 0.6) is 0 Å². The number of aromatic nitrogens is 2. The molecule has 0 spiro atoms. The van der Waals surface area contributed by atoms with Crippen LogP contribution in [0.3, 0.4) is 0 Å². The fraction of sp³-hybridized carbons (Fsp3) is 0.375. The normalized spacial score (nSPS) is 22.7. The van der Waals surface area contributed by atoms with Crippen LogP contribution < -0.4 is 5.32 Å². The molecule has 21 heavy (non-hydrogen) atoms. The van der Waals surface area contributed by atoms with Gasteiger partial charge in [-0.1, -0.05) is 23.4 Å². The van der Waals surface area contributed by atoms with E-state index in [0.717, 1.165) is 36.2 Å². The molecule has 0 amide bonds. The average Bonchev–Trinajstić information content (AvgIpc) is 3.14. The fourth-order valence-electron chi connectivity index (χ4n) is 2.95. The van der Waals surface area contributed by atoms with Crippen LogP contribution in [0.15, 0.2) is 39.3 Å². The number of benzene rings is 1. The molecule has 2 aromatic heterocycles. The van der Waals surface area contributed by atoms with Crippen molar-refractivity contribution in [2.75, 3.05) is 6.54 Å². The van der Waals surface area contributed by atoms with Crippen molar-refractivity contribution in [3.05, 3.63) is 36.2 Å². The van der Waals surface area contributed by atoms with Crippen molar-refractivity contribution < 1.29 is 8.94 Å². The molecule has 5 heteroatoms. The first kappa shape index (κ1) is 12.6. The van der Waals surface area contributed by atoms with Gasteiger partial charge < -0.3 is 14.3 Å². The van der Waals surface area contributed by atoms with E-state index < -0.39 is 0 Å². The fourth-order valence-corrected chi connectivity index (χ4v) is 2.95. The first-order valence-corrected chi connectivity index (χ1v) is 7.35. The van der Waals surface area contributed by atoms with Gasteiger partial charge in [-0.3, -0.25) is 0 Å². The van der Waals surface area contributed by atoms with E-state index in [9.17, 15) is 0 Å². The van der Waals surface area contributed by atoms with E-state index in [-0.39, 0.29) is 0 Å². The molecule has 0 bridgehead atoms. The van der Waals surface area contributed by atoms with E-state index >= 15 is 0 Å². The minimum Gasteiger partial charge on any atom is -0.453 e. The molecule has 1 N–H and O–H groups in total. The molecule has 2 atom stereocenters. The van der Waals surface area contributed by atoms with Gasteiger partial charge in [-0.15, -0.1) is 0 Å². The predicted molar refractivity (Wildman–Crippen MR) is 78.9 cm³/mol. The number of piperidine rings is 1. The lowest BCUT2D eigenvalue weighted by Gasteiger charge is -2.25. The van der Waals surface area contributed by atoms with Crippen molar-refractivity contribution in [3.8, 4) is 11.6 Å². The van der Waals surface area contributed by atoms with Gasteiger partial charge in [0.05, 0.1) is 0 Å². The standard InChI is InChI=1S/C16H17N3O2/c1-10-8-12(6-7-17-10)16-18-15(19-21-16)14-9-11-4-2-3-5-13(11)20-14/h2-5,9-10,12,17H,6-8H2,1H3. The lowest BCUT2D eigenvalue weighted by Crippen LogP contribution is -2.34. The highest BCUT2D eigenvalue weighted by molar-refractivity contribution is 5.81. The Morgan fingerprint density at radius 3 is 3.05 bits per heavy atom. The number of nitrogens with zero attached hydrogens (tertiary/aromatic N) is 2. The summed E-state index contributed by atoms with van der Waals surface area (Å²) in [5.41, 5.74) is 0.842. The summed E-state index contributed by atoms with van der Waals surface area (Å²) in [6, 6.07) is 10.3. The largest absolute Gasteiger partial charge is 0.453 e. The van der Waals surface area contributed by atoms with E-state index in [4.69, 9.17) is 8.94 Å². The molecule has 0 radical (unpaired) electrons.